The molecule has 1 N–H and O–H groups in total. The topological polar surface area (TPSA) is 46.5 Å². The van der Waals surface area contributed by atoms with Crippen molar-refractivity contribution in [1.82, 2.24) is 19.5 Å². The predicted octanol–water partition coefficient (Wildman–Crippen LogP) is 2.76. The molecule has 4 heteroatoms. The van der Waals surface area contributed by atoms with Crippen molar-refractivity contribution < 1.29 is 0 Å². The summed E-state index contributed by atoms with van der Waals surface area (Å²) in [5.41, 5.74) is 5.48. The number of H-pyrrole nitrogens is 1. The monoisotopic (exact) mass is 236 g/mol. The highest BCUT2D eigenvalue weighted by molar-refractivity contribution is 5.82. The zero-order chi connectivity index (χ0) is 12.1. The molecule has 3 aromatic rings. The summed E-state index contributed by atoms with van der Waals surface area (Å²) in [5.74, 6) is 1.12. The highest BCUT2D eigenvalue weighted by Gasteiger charge is 2.17. The van der Waals surface area contributed by atoms with Crippen LogP contribution in [0.2, 0.25) is 0 Å². The lowest BCUT2D eigenvalue weighted by molar-refractivity contribution is 1.02. The first-order chi connectivity index (χ1) is 8.83. The van der Waals surface area contributed by atoms with Crippen LogP contribution in [-0.2, 0) is 6.42 Å². The maximum Gasteiger partial charge on any atom is 0.117 e. The first kappa shape index (κ1) is 9.65. The van der Waals surface area contributed by atoms with E-state index in [2.05, 4.69) is 50.9 Å². The molecular weight excluding hydrogens is 224 g/mol. The summed E-state index contributed by atoms with van der Waals surface area (Å²) in [6, 6.07) is 6.28. The van der Waals surface area contributed by atoms with Gasteiger partial charge in [-0.05, 0) is 19.1 Å². The molecule has 2 aromatic heterocycles. The van der Waals surface area contributed by atoms with Gasteiger partial charge in [-0.15, -0.1) is 0 Å². The second kappa shape index (κ2) is 3.32. The van der Waals surface area contributed by atoms with E-state index in [9.17, 15) is 0 Å². The molecule has 0 spiro atoms. The molecule has 0 bridgehead atoms. The Kier molecular flexibility index (Phi) is 1.78. The van der Waals surface area contributed by atoms with Gasteiger partial charge in [-0.1, -0.05) is 12.1 Å². The van der Waals surface area contributed by atoms with Gasteiger partial charge in [0.2, 0.25) is 0 Å². The van der Waals surface area contributed by atoms with Gasteiger partial charge in [0, 0.05) is 18.2 Å². The molecule has 0 atom stereocenters. The zero-order valence-electron chi connectivity index (χ0n) is 10.0. The fraction of sp³-hybridized carbons (Fsp3) is 0.143. The first-order valence-corrected chi connectivity index (χ1v) is 6.01. The number of hydrogen-bond acceptors (Lipinski definition) is 2. The van der Waals surface area contributed by atoms with E-state index in [0.29, 0.717) is 0 Å². The van der Waals surface area contributed by atoms with Crippen LogP contribution in [0.4, 0.5) is 0 Å². The molecule has 88 valence electrons. The quantitative estimate of drug-likeness (QED) is 0.706. The number of rotatable bonds is 1. The highest BCUT2D eigenvalue weighted by Crippen LogP contribution is 2.29. The van der Waals surface area contributed by atoms with Crippen molar-refractivity contribution in [2.45, 2.75) is 13.3 Å². The molecule has 0 radical (unpaired) electrons. The summed E-state index contributed by atoms with van der Waals surface area (Å²) in [6.07, 6.45) is 6.89. The van der Waals surface area contributed by atoms with Gasteiger partial charge in [0.05, 0.1) is 28.7 Å². The van der Waals surface area contributed by atoms with E-state index < -0.39 is 0 Å². The Bertz CT molecular complexity index is 776. The molecule has 0 unspecified atom stereocenters. The summed E-state index contributed by atoms with van der Waals surface area (Å²) in [6.45, 7) is 2.06. The Morgan fingerprint density at radius 2 is 2.28 bits per heavy atom. The molecule has 1 aromatic carbocycles. The Morgan fingerprint density at radius 1 is 1.33 bits per heavy atom. The van der Waals surface area contributed by atoms with E-state index in [1.165, 1.54) is 11.3 Å². The van der Waals surface area contributed by atoms with Crippen LogP contribution in [0.5, 0.6) is 0 Å². The lowest BCUT2D eigenvalue weighted by Gasteiger charge is -2.04. The van der Waals surface area contributed by atoms with Gasteiger partial charge in [-0.25, -0.2) is 9.97 Å². The smallest absolute Gasteiger partial charge is 0.117 e. The van der Waals surface area contributed by atoms with E-state index in [-0.39, 0.29) is 0 Å². The minimum atomic E-state index is 0.924. The summed E-state index contributed by atoms with van der Waals surface area (Å²) in [4.78, 5) is 12.0. The number of nitrogens with one attached hydrogen (secondary N) is 1. The lowest BCUT2D eigenvalue weighted by Crippen LogP contribution is -1.91. The molecule has 0 amide bonds. The van der Waals surface area contributed by atoms with E-state index >= 15 is 0 Å². The van der Waals surface area contributed by atoms with Crippen LogP contribution in [0.25, 0.3) is 28.5 Å². The average molecular weight is 236 g/mol. The second-order valence-electron chi connectivity index (χ2n) is 4.56. The van der Waals surface area contributed by atoms with E-state index in [1.807, 2.05) is 6.07 Å². The van der Waals surface area contributed by atoms with Crippen molar-refractivity contribution in [3.8, 4) is 11.3 Å². The number of benzene rings is 1. The Hall–Kier alpha value is -2.36. The van der Waals surface area contributed by atoms with Crippen LogP contribution < -0.4 is 0 Å². The first-order valence-electron chi connectivity index (χ1n) is 6.01. The maximum atomic E-state index is 4.61. The van der Waals surface area contributed by atoms with Gasteiger partial charge >= 0.3 is 0 Å². The van der Waals surface area contributed by atoms with Crippen molar-refractivity contribution in [2.75, 3.05) is 0 Å². The molecule has 1 aliphatic heterocycles. The van der Waals surface area contributed by atoms with Crippen molar-refractivity contribution in [2.24, 2.45) is 0 Å². The third kappa shape index (κ3) is 1.20. The van der Waals surface area contributed by atoms with Gasteiger partial charge in [0.25, 0.3) is 0 Å². The van der Waals surface area contributed by atoms with Crippen molar-refractivity contribution >= 4 is 17.2 Å². The number of nitrogens with zero attached hydrogens (tertiary/aromatic N) is 3. The fourth-order valence-corrected chi connectivity index (χ4v) is 2.60. The van der Waals surface area contributed by atoms with Crippen LogP contribution in [0.15, 0.2) is 30.6 Å². The lowest BCUT2D eigenvalue weighted by atomic mass is 10.1. The minimum absolute atomic E-state index is 0.924. The zero-order valence-corrected chi connectivity index (χ0v) is 10.0. The number of fused-ring (bicyclic) bond motifs is 2. The number of hydrogen-bond donors (Lipinski definition) is 1. The number of imidazole rings is 2. The number of aromatic nitrogens is 4. The summed E-state index contributed by atoms with van der Waals surface area (Å²) in [7, 11) is 0. The van der Waals surface area contributed by atoms with Gasteiger partial charge in [0.15, 0.2) is 0 Å². The predicted molar refractivity (Wildman–Crippen MR) is 71.1 cm³/mol. The molecule has 18 heavy (non-hydrogen) atoms. The molecule has 0 saturated heterocycles. The van der Waals surface area contributed by atoms with E-state index in [1.54, 1.807) is 6.33 Å². The largest absolute Gasteiger partial charge is 0.345 e. The molecule has 0 saturated carbocycles. The Labute approximate surface area is 104 Å². The minimum Gasteiger partial charge on any atom is -0.345 e. The van der Waals surface area contributed by atoms with Crippen LogP contribution in [0, 0.1) is 6.92 Å². The SMILES string of the molecule is Cc1nc2n(c1-c1ccc3nc[nH]c3c1)C=CC2. The van der Waals surface area contributed by atoms with Crippen LogP contribution >= 0.6 is 0 Å². The number of aryl methyl sites for hydroxylation is 1. The molecule has 3 heterocycles. The molecule has 0 aliphatic carbocycles. The normalized spacial score (nSPS) is 13.4. The molecule has 0 fully saturated rings. The van der Waals surface area contributed by atoms with E-state index in [0.717, 1.165) is 29.0 Å². The Morgan fingerprint density at radius 3 is 3.22 bits per heavy atom. The van der Waals surface area contributed by atoms with Crippen molar-refractivity contribution in [3.05, 3.63) is 42.1 Å². The number of aromatic amines is 1. The fourth-order valence-electron chi connectivity index (χ4n) is 2.60. The number of allylic oxidation sites excluding steroid dienone is 1. The summed E-state index contributed by atoms with van der Waals surface area (Å²) >= 11 is 0. The Balaban J connectivity index is 1.99. The summed E-state index contributed by atoms with van der Waals surface area (Å²) < 4.78 is 2.17. The standard InChI is InChI=1S/C14H12N4/c1-9-14(18-6-2-3-13(18)17-9)10-4-5-11-12(7-10)16-8-15-11/h2,4-8H,3H2,1H3,(H,15,16). The van der Waals surface area contributed by atoms with Crippen molar-refractivity contribution in [3.63, 3.8) is 0 Å². The molecular formula is C14H12N4. The van der Waals surface area contributed by atoms with Crippen LogP contribution in [0.3, 0.4) is 0 Å². The van der Waals surface area contributed by atoms with Crippen LogP contribution in [0.1, 0.15) is 11.5 Å². The van der Waals surface area contributed by atoms with Gasteiger partial charge < -0.3 is 9.55 Å². The summed E-state index contributed by atoms with van der Waals surface area (Å²) in [5, 5.41) is 0. The average Bonchev–Trinajstić information content (AvgIpc) is 3.02. The maximum absolute atomic E-state index is 4.61. The van der Waals surface area contributed by atoms with Gasteiger partial charge in [-0.3, -0.25) is 0 Å². The van der Waals surface area contributed by atoms with E-state index in [4.69, 9.17) is 0 Å². The molecule has 1 aliphatic rings. The molecule has 4 nitrogen and oxygen atoms in total. The third-order valence-corrected chi connectivity index (χ3v) is 3.41. The molecule has 4 rings (SSSR count). The van der Waals surface area contributed by atoms with Crippen molar-refractivity contribution in [1.29, 1.82) is 0 Å². The highest BCUT2D eigenvalue weighted by atomic mass is 15.1. The van der Waals surface area contributed by atoms with Crippen LogP contribution in [-0.4, -0.2) is 19.5 Å². The van der Waals surface area contributed by atoms with Gasteiger partial charge in [0.1, 0.15) is 5.82 Å². The van der Waals surface area contributed by atoms with Gasteiger partial charge in [-0.2, -0.15) is 0 Å². The third-order valence-electron chi connectivity index (χ3n) is 3.41. The second-order valence-corrected chi connectivity index (χ2v) is 4.56.